The molecule has 0 spiro atoms. The number of hydrogen-bond donors (Lipinski definition) is 0. The highest BCUT2D eigenvalue weighted by Gasteiger charge is 2.32. The monoisotopic (exact) mass is 319 g/mol. The molecule has 0 fully saturated rings. The molecule has 0 aliphatic rings. The van der Waals surface area contributed by atoms with Gasteiger partial charge < -0.3 is 0 Å². The average molecular weight is 319 g/mol. The lowest BCUT2D eigenvalue weighted by atomic mass is 9.94. The molecule has 3 rings (SSSR count). The van der Waals surface area contributed by atoms with E-state index in [1.807, 2.05) is 37.3 Å². The van der Waals surface area contributed by atoms with Crippen molar-refractivity contribution in [3.63, 3.8) is 0 Å². The van der Waals surface area contributed by atoms with Gasteiger partial charge in [-0.1, -0.05) is 18.2 Å². The van der Waals surface area contributed by atoms with Crippen molar-refractivity contribution >= 4 is 11.3 Å². The van der Waals surface area contributed by atoms with Crippen molar-refractivity contribution in [3.8, 4) is 22.3 Å². The minimum Gasteiger partial charge on any atom is -0.265 e. The van der Waals surface area contributed by atoms with Crippen molar-refractivity contribution < 1.29 is 13.2 Å². The summed E-state index contributed by atoms with van der Waals surface area (Å²) in [5.41, 5.74) is 4.38. The molecule has 0 atom stereocenters. The lowest BCUT2D eigenvalue weighted by Crippen LogP contribution is -2.00. The summed E-state index contributed by atoms with van der Waals surface area (Å²) in [7, 11) is 0. The third kappa shape index (κ3) is 2.76. The van der Waals surface area contributed by atoms with Gasteiger partial charge >= 0.3 is 6.18 Å². The minimum atomic E-state index is -4.29. The molecule has 0 N–H and O–H groups in total. The zero-order valence-corrected chi connectivity index (χ0v) is 12.5. The molecule has 22 heavy (non-hydrogen) atoms. The Hall–Kier alpha value is -2.14. The number of rotatable bonds is 2. The van der Waals surface area contributed by atoms with Gasteiger partial charge in [0.05, 0.1) is 0 Å². The first kappa shape index (κ1) is 14.8. The van der Waals surface area contributed by atoms with Crippen molar-refractivity contribution in [3.05, 3.63) is 64.6 Å². The van der Waals surface area contributed by atoms with Crippen LogP contribution in [0.1, 0.15) is 10.4 Å². The molecule has 5 heteroatoms. The van der Waals surface area contributed by atoms with Crippen molar-refractivity contribution in [2.24, 2.45) is 0 Å². The normalized spacial score (nSPS) is 11.6. The second-order valence-corrected chi connectivity index (χ2v) is 5.82. The summed E-state index contributed by atoms with van der Waals surface area (Å²) in [6, 6.07) is 10.7. The summed E-state index contributed by atoms with van der Waals surface area (Å²) < 4.78 is 38.3. The van der Waals surface area contributed by atoms with Gasteiger partial charge in [-0.3, -0.25) is 4.98 Å². The predicted molar refractivity (Wildman–Crippen MR) is 82.7 cm³/mol. The van der Waals surface area contributed by atoms with Gasteiger partial charge in [0.25, 0.3) is 0 Å². The fourth-order valence-electron chi connectivity index (χ4n) is 2.42. The van der Waals surface area contributed by atoms with Crippen LogP contribution in [0.25, 0.3) is 22.3 Å². The van der Waals surface area contributed by atoms with Gasteiger partial charge in [0.1, 0.15) is 4.88 Å². The Labute approximate surface area is 130 Å². The molecule has 0 bridgehead atoms. The summed E-state index contributed by atoms with van der Waals surface area (Å²) in [5.74, 6) is 0. The summed E-state index contributed by atoms with van der Waals surface area (Å²) in [6.45, 7) is 1.93. The molecule has 112 valence electrons. The zero-order chi connectivity index (χ0) is 15.7. The van der Waals surface area contributed by atoms with E-state index >= 15 is 0 Å². The highest BCUT2D eigenvalue weighted by atomic mass is 32.1. The van der Waals surface area contributed by atoms with Crippen LogP contribution in [0.3, 0.4) is 0 Å². The molecule has 2 heterocycles. The van der Waals surface area contributed by atoms with Crippen LogP contribution in [0.2, 0.25) is 0 Å². The molecule has 0 aliphatic heterocycles. The largest absolute Gasteiger partial charge is 0.425 e. The molecule has 1 nitrogen and oxygen atoms in total. The number of nitrogens with zero attached hydrogens (tertiary/aromatic N) is 1. The fraction of sp³-hybridized carbons (Fsp3) is 0.118. The molecule has 0 amide bonds. The lowest BCUT2D eigenvalue weighted by molar-refractivity contribution is -0.134. The Morgan fingerprint density at radius 1 is 0.955 bits per heavy atom. The van der Waals surface area contributed by atoms with E-state index < -0.39 is 11.1 Å². The van der Waals surface area contributed by atoms with E-state index in [2.05, 4.69) is 4.98 Å². The lowest BCUT2D eigenvalue weighted by Gasteiger charge is -2.10. The third-order valence-electron chi connectivity index (χ3n) is 3.51. The third-order valence-corrected chi connectivity index (χ3v) is 4.49. The minimum absolute atomic E-state index is 0.573. The number of thiophene rings is 1. The standard InChI is InChI=1S/C17H12F3NS/c1-11-14(12-5-7-21-8-6-12)3-2-4-15(11)13-9-16(22-10-13)17(18,19)20/h2-10H,1H3. The highest BCUT2D eigenvalue weighted by Crippen LogP contribution is 2.39. The number of benzene rings is 1. The summed E-state index contributed by atoms with van der Waals surface area (Å²) >= 11 is 0.727. The van der Waals surface area contributed by atoms with Crippen LogP contribution in [-0.4, -0.2) is 4.98 Å². The van der Waals surface area contributed by atoms with E-state index in [0.29, 0.717) is 5.56 Å². The van der Waals surface area contributed by atoms with E-state index in [0.717, 1.165) is 33.6 Å². The van der Waals surface area contributed by atoms with Gasteiger partial charge in [0.15, 0.2) is 0 Å². The van der Waals surface area contributed by atoms with Crippen LogP contribution in [0, 0.1) is 6.92 Å². The van der Waals surface area contributed by atoms with Crippen molar-refractivity contribution in [1.82, 2.24) is 4.98 Å². The predicted octanol–water partition coefficient (Wildman–Crippen LogP) is 5.80. The van der Waals surface area contributed by atoms with Crippen molar-refractivity contribution in [2.75, 3.05) is 0 Å². The van der Waals surface area contributed by atoms with E-state index in [1.54, 1.807) is 17.8 Å². The maximum atomic E-state index is 12.8. The smallest absolute Gasteiger partial charge is 0.265 e. The zero-order valence-electron chi connectivity index (χ0n) is 11.7. The van der Waals surface area contributed by atoms with Crippen LogP contribution in [0.5, 0.6) is 0 Å². The maximum Gasteiger partial charge on any atom is 0.425 e. The molecule has 2 aromatic heterocycles. The van der Waals surface area contributed by atoms with Gasteiger partial charge in [-0.05, 0) is 58.3 Å². The molecular weight excluding hydrogens is 307 g/mol. The number of hydrogen-bond acceptors (Lipinski definition) is 2. The number of pyridine rings is 1. The first-order chi connectivity index (χ1) is 10.5. The van der Waals surface area contributed by atoms with E-state index in [4.69, 9.17) is 0 Å². The van der Waals surface area contributed by atoms with Gasteiger partial charge in [0, 0.05) is 12.4 Å². The fourth-order valence-corrected chi connectivity index (χ4v) is 3.20. The molecule has 0 aliphatic carbocycles. The topological polar surface area (TPSA) is 12.9 Å². The second-order valence-electron chi connectivity index (χ2n) is 4.91. The SMILES string of the molecule is Cc1c(-c2ccncc2)cccc1-c1csc(C(F)(F)F)c1. The molecule has 1 aromatic carbocycles. The number of alkyl halides is 3. The van der Waals surface area contributed by atoms with Crippen LogP contribution in [0.15, 0.2) is 54.2 Å². The van der Waals surface area contributed by atoms with Gasteiger partial charge in [0.2, 0.25) is 0 Å². The number of halogens is 3. The quantitative estimate of drug-likeness (QED) is 0.581. The van der Waals surface area contributed by atoms with Crippen LogP contribution < -0.4 is 0 Å². The first-order valence-corrected chi connectivity index (χ1v) is 7.51. The Balaban J connectivity index is 2.08. The molecule has 0 unspecified atom stereocenters. The highest BCUT2D eigenvalue weighted by molar-refractivity contribution is 7.10. The molecule has 0 saturated heterocycles. The van der Waals surface area contributed by atoms with Crippen LogP contribution in [-0.2, 0) is 6.18 Å². The Bertz CT molecular complexity index is 791. The Morgan fingerprint density at radius 2 is 1.59 bits per heavy atom. The average Bonchev–Trinajstić information content (AvgIpc) is 2.98. The molecular formula is C17H12F3NS. The number of aromatic nitrogens is 1. The van der Waals surface area contributed by atoms with Crippen molar-refractivity contribution in [2.45, 2.75) is 13.1 Å². The van der Waals surface area contributed by atoms with E-state index in [9.17, 15) is 13.2 Å². The van der Waals surface area contributed by atoms with Crippen LogP contribution >= 0.6 is 11.3 Å². The van der Waals surface area contributed by atoms with Crippen molar-refractivity contribution in [1.29, 1.82) is 0 Å². The summed E-state index contributed by atoms with van der Waals surface area (Å²) in [6.07, 6.45) is -0.888. The van der Waals surface area contributed by atoms with E-state index in [-0.39, 0.29) is 0 Å². The summed E-state index contributed by atoms with van der Waals surface area (Å²) in [4.78, 5) is 3.42. The Morgan fingerprint density at radius 3 is 2.18 bits per heavy atom. The van der Waals surface area contributed by atoms with Gasteiger partial charge in [-0.25, -0.2) is 0 Å². The molecule has 0 radical (unpaired) electrons. The maximum absolute atomic E-state index is 12.8. The van der Waals surface area contributed by atoms with Gasteiger partial charge in [-0.2, -0.15) is 13.2 Å². The summed E-state index contributed by atoms with van der Waals surface area (Å²) in [5, 5.41) is 1.56. The van der Waals surface area contributed by atoms with Gasteiger partial charge in [-0.15, -0.1) is 11.3 Å². The Kier molecular flexibility index (Phi) is 3.74. The van der Waals surface area contributed by atoms with E-state index in [1.165, 1.54) is 6.07 Å². The molecule has 0 saturated carbocycles. The first-order valence-electron chi connectivity index (χ1n) is 6.63. The van der Waals surface area contributed by atoms with Crippen LogP contribution in [0.4, 0.5) is 13.2 Å². The second kappa shape index (κ2) is 5.57. The molecule has 3 aromatic rings.